The molecule has 17 heteroatoms. The van der Waals surface area contributed by atoms with Gasteiger partial charge in [0, 0.05) is 51.7 Å². The molecule has 70 heavy (non-hydrogen) atoms. The fourth-order valence-electron chi connectivity index (χ4n) is 10.3. The fraction of sp³-hybridized carbons (Fsp3) is 0.736. The molecule has 0 radical (unpaired) electrons. The molecule has 17 atom stereocenters. The second-order valence-electron chi connectivity index (χ2n) is 19.7. The largest absolute Gasteiger partial charge is 0.462 e. The number of ether oxygens (including phenoxy) is 9. The average molecular weight is 987 g/mol. The van der Waals surface area contributed by atoms with Crippen LogP contribution in [0.2, 0.25) is 0 Å². The Morgan fingerprint density at radius 1 is 0.771 bits per heavy atom. The first-order chi connectivity index (χ1) is 33.4. The van der Waals surface area contributed by atoms with Crippen molar-refractivity contribution in [3.8, 4) is 0 Å². The van der Waals surface area contributed by atoms with Crippen LogP contribution in [0.3, 0.4) is 0 Å². The van der Waals surface area contributed by atoms with Crippen LogP contribution in [0.4, 0.5) is 0 Å². The molecule has 1 aromatic carbocycles. The molecule has 394 valence electrons. The second-order valence-corrected chi connectivity index (χ2v) is 19.7. The van der Waals surface area contributed by atoms with Crippen molar-refractivity contribution in [2.24, 2.45) is 23.7 Å². The molecule has 4 aliphatic heterocycles. The van der Waals surface area contributed by atoms with E-state index in [9.17, 15) is 29.4 Å². The third kappa shape index (κ3) is 14.0. The van der Waals surface area contributed by atoms with Gasteiger partial charge in [-0.3, -0.25) is 24.1 Å². The zero-order valence-corrected chi connectivity index (χ0v) is 43.5. The van der Waals surface area contributed by atoms with Crippen molar-refractivity contribution in [2.75, 3.05) is 54.7 Å². The predicted molar refractivity (Wildman–Crippen MR) is 260 cm³/mol. The van der Waals surface area contributed by atoms with Crippen LogP contribution in [0.15, 0.2) is 48.1 Å². The van der Waals surface area contributed by atoms with Gasteiger partial charge in [-0.05, 0) is 91.1 Å². The Morgan fingerprint density at radius 2 is 1.39 bits per heavy atom. The van der Waals surface area contributed by atoms with Crippen molar-refractivity contribution >= 4 is 23.6 Å². The maximum atomic E-state index is 14.2. The molecule has 17 nitrogen and oxygen atoms in total. The summed E-state index contributed by atoms with van der Waals surface area (Å²) in [6.45, 7) is 16.0. The van der Waals surface area contributed by atoms with Gasteiger partial charge in [-0.1, -0.05) is 64.5 Å². The Morgan fingerprint density at radius 3 is 1.97 bits per heavy atom. The lowest BCUT2D eigenvalue weighted by molar-refractivity contribution is -0.316. The maximum absolute atomic E-state index is 14.2. The molecule has 0 unspecified atom stereocenters. The van der Waals surface area contributed by atoms with Crippen molar-refractivity contribution < 1.29 is 72.0 Å². The topological polar surface area (TPSA) is 198 Å². The second kappa shape index (κ2) is 27.0. The molecule has 5 rings (SSSR count). The molecule has 0 bridgehead atoms. The van der Waals surface area contributed by atoms with E-state index in [0.717, 1.165) is 12.8 Å². The number of imide groups is 1. The number of nitrogens with zero attached hydrogens (tertiary/aromatic N) is 2. The van der Waals surface area contributed by atoms with Crippen LogP contribution < -0.4 is 0 Å². The van der Waals surface area contributed by atoms with E-state index in [4.69, 9.17) is 42.6 Å². The van der Waals surface area contributed by atoms with Gasteiger partial charge >= 0.3 is 5.97 Å². The Kier molecular flexibility index (Phi) is 22.2. The number of fused-ring (bicyclic) bond motifs is 1. The van der Waals surface area contributed by atoms with E-state index in [0.29, 0.717) is 36.3 Å². The minimum absolute atomic E-state index is 0.00805. The Balaban J connectivity index is 1.53. The van der Waals surface area contributed by atoms with Gasteiger partial charge in [0.05, 0.1) is 54.6 Å². The summed E-state index contributed by atoms with van der Waals surface area (Å²) in [6.07, 6.45) is -2.36. The summed E-state index contributed by atoms with van der Waals surface area (Å²) in [6, 6.07) is 6.40. The number of cyclic esters (lactones) is 1. The zero-order valence-electron chi connectivity index (χ0n) is 43.5. The highest BCUT2D eigenvalue weighted by atomic mass is 16.7. The SMILES string of the molecule is CCCO[C@H]1[C@H](O[C@H]2[C@@H](CCN3C(=O)c4ccccc4C3=O)C[C@@H](C)C(=O)/C=C/C(C)=C/[C@H](CO[C@@H]3O[C@H](C)[C@@H](O)[C@@H](OC)[C@H]3OC)[C@@H](CC)OC(=O)C[C@@H](O)[C@@H]2C)O[C@H](C)[C@@H](OCCC)[C@@H]1N(C)C. The van der Waals surface area contributed by atoms with E-state index in [1.54, 1.807) is 44.2 Å². The number of esters is 1. The van der Waals surface area contributed by atoms with Gasteiger partial charge in [-0.25, -0.2) is 0 Å². The Bertz CT molecular complexity index is 1890. The third-order valence-electron chi connectivity index (χ3n) is 14.3. The van der Waals surface area contributed by atoms with E-state index in [-0.39, 0.29) is 43.9 Å². The lowest BCUT2D eigenvalue weighted by atomic mass is 9.79. The number of hydrogen-bond acceptors (Lipinski definition) is 16. The lowest BCUT2D eigenvalue weighted by Gasteiger charge is -2.49. The molecular formula is C53H82N2O15. The summed E-state index contributed by atoms with van der Waals surface area (Å²) in [5, 5.41) is 23.0. The number of carbonyl (C=O) groups excluding carboxylic acids is 4. The highest BCUT2D eigenvalue weighted by molar-refractivity contribution is 6.21. The minimum Gasteiger partial charge on any atom is -0.462 e. The number of carbonyl (C=O) groups is 4. The number of rotatable bonds is 18. The van der Waals surface area contributed by atoms with Crippen LogP contribution in [-0.4, -0.2) is 178 Å². The number of methoxy groups -OCH3 is 2. The summed E-state index contributed by atoms with van der Waals surface area (Å²) < 4.78 is 56.7. The number of likely N-dealkylation sites (N-methyl/N-ethyl adjacent to an activating group) is 1. The maximum Gasteiger partial charge on any atom is 0.308 e. The molecular weight excluding hydrogens is 905 g/mol. The van der Waals surface area contributed by atoms with E-state index < -0.39 is 115 Å². The van der Waals surface area contributed by atoms with Gasteiger partial charge in [0.1, 0.15) is 36.6 Å². The Hall–Kier alpha value is -3.46. The van der Waals surface area contributed by atoms with Gasteiger partial charge in [0.15, 0.2) is 18.4 Å². The highest BCUT2D eigenvalue weighted by Gasteiger charge is 2.50. The highest BCUT2D eigenvalue weighted by Crippen LogP contribution is 2.37. The lowest BCUT2D eigenvalue weighted by Crippen LogP contribution is -2.64. The molecule has 2 amide bonds. The number of hydrogen-bond donors (Lipinski definition) is 2. The molecule has 0 aromatic heterocycles. The van der Waals surface area contributed by atoms with Crippen LogP contribution in [0.25, 0.3) is 0 Å². The normalized spacial score (nSPS) is 37.3. The first-order valence-corrected chi connectivity index (χ1v) is 25.3. The number of allylic oxidation sites excluding steroid dienone is 3. The van der Waals surface area contributed by atoms with Crippen LogP contribution in [0, 0.1) is 23.7 Å². The molecule has 0 saturated carbocycles. The van der Waals surface area contributed by atoms with Crippen molar-refractivity contribution in [2.45, 2.75) is 174 Å². The van der Waals surface area contributed by atoms with E-state index in [1.165, 1.54) is 25.2 Å². The molecule has 0 aliphatic carbocycles. The van der Waals surface area contributed by atoms with E-state index >= 15 is 0 Å². The predicted octanol–water partition coefficient (Wildman–Crippen LogP) is 5.53. The number of benzene rings is 1. The summed E-state index contributed by atoms with van der Waals surface area (Å²) in [7, 11) is 6.88. The van der Waals surface area contributed by atoms with E-state index in [1.807, 2.05) is 66.6 Å². The standard InChI is InChI=1S/C53H82N2O15/c1-13-24-64-46-34(8)68-53(47(65-25-14-2)43(46)54(9)10)70-45-32(6)40(57)28-42(58)69-41(15-3)36(29-66-52-49(63-12)48(62-11)44(59)33(7)67-52)26-30(4)20-21-39(56)31(5)27-35(45)22-23-55-50(60)37-18-16-17-19-38(37)51(55)61/h16-21,26,31-36,40-41,43-49,52-53,57,59H,13-15,22-25,27-29H2,1-12H3/b21-20+,30-26+/t31-,32+,33-,34-,35+,36-,40-,41-,43+,44-,45-,46-,47-,48-,49-,52-,53+/m1/s1. The summed E-state index contributed by atoms with van der Waals surface area (Å²) >= 11 is 0. The number of aliphatic hydroxyl groups is 2. The van der Waals surface area contributed by atoms with Crippen LogP contribution in [0.1, 0.15) is 115 Å². The number of aliphatic hydroxyl groups excluding tert-OH is 2. The molecule has 4 aliphatic rings. The summed E-state index contributed by atoms with van der Waals surface area (Å²) in [4.78, 5) is 59.0. The van der Waals surface area contributed by atoms with Gasteiger partial charge in [0.2, 0.25) is 0 Å². The van der Waals surface area contributed by atoms with Crippen molar-refractivity contribution in [1.29, 1.82) is 0 Å². The quantitative estimate of drug-likeness (QED) is 0.137. The van der Waals surface area contributed by atoms with Crippen LogP contribution in [0.5, 0.6) is 0 Å². The monoisotopic (exact) mass is 987 g/mol. The molecule has 2 fully saturated rings. The van der Waals surface area contributed by atoms with Crippen LogP contribution >= 0.6 is 0 Å². The molecule has 1 aromatic rings. The summed E-state index contributed by atoms with van der Waals surface area (Å²) in [5.41, 5.74) is 1.35. The van der Waals surface area contributed by atoms with E-state index in [2.05, 4.69) is 0 Å². The zero-order chi connectivity index (χ0) is 51.4. The van der Waals surface area contributed by atoms with Crippen LogP contribution in [-0.2, 0) is 52.2 Å². The smallest absolute Gasteiger partial charge is 0.308 e. The molecule has 0 spiro atoms. The number of amides is 2. The molecule has 2 N–H and O–H groups in total. The first kappa shape index (κ1) is 57.4. The Labute approximate surface area is 415 Å². The molecule has 2 saturated heterocycles. The summed E-state index contributed by atoms with van der Waals surface area (Å²) in [5.74, 6) is -4.12. The van der Waals surface area contributed by atoms with Gasteiger partial charge in [-0.15, -0.1) is 0 Å². The average Bonchev–Trinajstić information content (AvgIpc) is 3.58. The minimum atomic E-state index is -1.32. The van der Waals surface area contributed by atoms with Gasteiger partial charge in [-0.2, -0.15) is 0 Å². The van der Waals surface area contributed by atoms with Crippen molar-refractivity contribution in [3.63, 3.8) is 0 Å². The third-order valence-corrected chi connectivity index (χ3v) is 14.3. The fourth-order valence-corrected chi connectivity index (χ4v) is 10.3. The number of ketones is 1. The van der Waals surface area contributed by atoms with Crippen molar-refractivity contribution in [1.82, 2.24) is 9.80 Å². The van der Waals surface area contributed by atoms with Gasteiger partial charge < -0.3 is 57.7 Å². The van der Waals surface area contributed by atoms with Crippen molar-refractivity contribution in [3.05, 3.63) is 59.2 Å². The molecule has 4 heterocycles. The first-order valence-electron chi connectivity index (χ1n) is 25.3. The van der Waals surface area contributed by atoms with Gasteiger partial charge in [0.25, 0.3) is 11.8 Å².